The molecule has 1 fully saturated rings. The number of hydrogen-bond donors (Lipinski definition) is 2. The lowest BCUT2D eigenvalue weighted by molar-refractivity contribution is 0.198. The minimum atomic E-state index is -3.19. The lowest BCUT2D eigenvalue weighted by Crippen LogP contribution is -2.41. The van der Waals surface area contributed by atoms with Gasteiger partial charge >= 0.3 is 0 Å². The Kier molecular flexibility index (Phi) is 8.82. The highest BCUT2D eigenvalue weighted by molar-refractivity contribution is 7.92. The summed E-state index contributed by atoms with van der Waals surface area (Å²) in [6, 6.07) is 5.82. The summed E-state index contributed by atoms with van der Waals surface area (Å²) in [5.41, 5.74) is 0.945. The third kappa shape index (κ3) is 6.79. The van der Waals surface area contributed by atoms with E-state index in [4.69, 9.17) is 9.47 Å². The SMILES string of the molecule is CCNC(=NCc1cccc(OC)c1OC1CCCC1)NCCS(=O)(=O)C(C)(C)C. The van der Waals surface area contributed by atoms with Crippen LogP contribution in [-0.4, -0.2) is 51.2 Å². The molecule has 0 unspecified atom stereocenters. The average Bonchev–Trinajstić information content (AvgIpc) is 3.19. The minimum Gasteiger partial charge on any atom is -0.493 e. The number of nitrogens with zero attached hydrogens (tertiary/aromatic N) is 1. The fraction of sp³-hybridized carbons (Fsp3) is 0.682. The van der Waals surface area contributed by atoms with Gasteiger partial charge in [0.2, 0.25) is 0 Å². The van der Waals surface area contributed by atoms with Gasteiger partial charge in [-0.15, -0.1) is 0 Å². The predicted octanol–water partition coefficient (Wildman–Crippen LogP) is 3.29. The normalized spacial score (nSPS) is 15.8. The highest BCUT2D eigenvalue weighted by atomic mass is 32.2. The molecule has 170 valence electrons. The molecule has 0 aliphatic heterocycles. The Morgan fingerprint density at radius 2 is 1.90 bits per heavy atom. The van der Waals surface area contributed by atoms with Crippen LogP contribution in [0.2, 0.25) is 0 Å². The van der Waals surface area contributed by atoms with E-state index < -0.39 is 14.6 Å². The van der Waals surface area contributed by atoms with Crippen molar-refractivity contribution in [2.75, 3.05) is 26.0 Å². The molecule has 1 aromatic carbocycles. The van der Waals surface area contributed by atoms with Crippen molar-refractivity contribution in [3.05, 3.63) is 23.8 Å². The number of aliphatic imine (C=N–C) groups is 1. The van der Waals surface area contributed by atoms with E-state index >= 15 is 0 Å². The van der Waals surface area contributed by atoms with Crippen LogP contribution in [0.3, 0.4) is 0 Å². The smallest absolute Gasteiger partial charge is 0.191 e. The third-order valence-electron chi connectivity index (χ3n) is 5.22. The van der Waals surface area contributed by atoms with E-state index in [-0.39, 0.29) is 11.9 Å². The zero-order valence-electron chi connectivity index (χ0n) is 19.0. The first kappa shape index (κ1) is 24.3. The van der Waals surface area contributed by atoms with Gasteiger partial charge in [0.15, 0.2) is 27.3 Å². The van der Waals surface area contributed by atoms with Crippen molar-refractivity contribution >= 4 is 15.8 Å². The molecule has 1 aromatic rings. The lowest BCUT2D eigenvalue weighted by atomic mass is 10.1. The fourth-order valence-electron chi connectivity index (χ4n) is 3.27. The summed E-state index contributed by atoms with van der Waals surface area (Å²) in [5.74, 6) is 2.10. The summed E-state index contributed by atoms with van der Waals surface area (Å²) in [5, 5.41) is 6.30. The summed E-state index contributed by atoms with van der Waals surface area (Å²) in [4.78, 5) is 4.64. The maximum absolute atomic E-state index is 12.3. The number of guanidine groups is 1. The first-order valence-electron chi connectivity index (χ1n) is 10.7. The topological polar surface area (TPSA) is 89.0 Å². The Hall–Kier alpha value is -1.96. The maximum atomic E-state index is 12.3. The molecule has 2 rings (SSSR count). The van der Waals surface area contributed by atoms with Gasteiger partial charge in [-0.05, 0) is 59.4 Å². The predicted molar refractivity (Wildman–Crippen MR) is 122 cm³/mol. The van der Waals surface area contributed by atoms with Crippen molar-refractivity contribution < 1.29 is 17.9 Å². The lowest BCUT2D eigenvalue weighted by Gasteiger charge is -2.20. The van der Waals surface area contributed by atoms with Crippen LogP contribution in [0.4, 0.5) is 0 Å². The highest BCUT2D eigenvalue weighted by Gasteiger charge is 2.28. The Morgan fingerprint density at radius 1 is 1.20 bits per heavy atom. The average molecular weight is 440 g/mol. The van der Waals surface area contributed by atoms with E-state index in [2.05, 4.69) is 15.6 Å². The fourth-order valence-corrected chi connectivity index (χ4v) is 4.25. The van der Waals surface area contributed by atoms with Gasteiger partial charge in [-0.1, -0.05) is 12.1 Å². The molecule has 0 radical (unpaired) electrons. The number of benzene rings is 1. The number of rotatable bonds is 9. The summed E-state index contributed by atoms with van der Waals surface area (Å²) in [6.07, 6.45) is 4.73. The van der Waals surface area contributed by atoms with Gasteiger partial charge in [0.1, 0.15) is 0 Å². The first-order valence-corrected chi connectivity index (χ1v) is 12.4. The summed E-state index contributed by atoms with van der Waals surface area (Å²) in [6.45, 7) is 8.52. The summed E-state index contributed by atoms with van der Waals surface area (Å²) < 4.78 is 35.7. The minimum absolute atomic E-state index is 0.0517. The van der Waals surface area contributed by atoms with E-state index in [1.807, 2.05) is 25.1 Å². The quantitative estimate of drug-likeness (QED) is 0.453. The maximum Gasteiger partial charge on any atom is 0.191 e. The Bertz CT molecular complexity index is 810. The molecule has 0 bridgehead atoms. The molecular formula is C22H37N3O4S. The molecule has 1 aliphatic carbocycles. The van der Waals surface area contributed by atoms with Crippen LogP contribution in [0.5, 0.6) is 11.5 Å². The molecule has 1 saturated carbocycles. The Balaban J connectivity index is 2.09. The van der Waals surface area contributed by atoms with Gasteiger partial charge in [0, 0.05) is 18.7 Å². The number of sulfone groups is 1. The van der Waals surface area contributed by atoms with E-state index in [0.29, 0.717) is 31.3 Å². The molecule has 2 N–H and O–H groups in total. The zero-order chi connectivity index (χ0) is 22.2. The van der Waals surface area contributed by atoms with Crippen LogP contribution >= 0.6 is 0 Å². The molecule has 0 heterocycles. The largest absolute Gasteiger partial charge is 0.493 e. The number of nitrogens with one attached hydrogen (secondary N) is 2. The van der Waals surface area contributed by atoms with Gasteiger partial charge in [-0.3, -0.25) is 0 Å². The second-order valence-electron chi connectivity index (χ2n) is 8.53. The molecule has 30 heavy (non-hydrogen) atoms. The van der Waals surface area contributed by atoms with Crippen LogP contribution in [0.15, 0.2) is 23.2 Å². The van der Waals surface area contributed by atoms with Crippen molar-refractivity contribution in [1.82, 2.24) is 10.6 Å². The van der Waals surface area contributed by atoms with Crippen molar-refractivity contribution in [3.8, 4) is 11.5 Å². The number of methoxy groups -OCH3 is 1. The van der Waals surface area contributed by atoms with E-state index in [0.717, 1.165) is 24.2 Å². The van der Waals surface area contributed by atoms with Gasteiger partial charge in [-0.25, -0.2) is 13.4 Å². The number of hydrogen-bond acceptors (Lipinski definition) is 5. The summed E-state index contributed by atoms with van der Waals surface area (Å²) in [7, 11) is -1.54. The van der Waals surface area contributed by atoms with Gasteiger partial charge in [0.25, 0.3) is 0 Å². The van der Waals surface area contributed by atoms with E-state index in [1.54, 1.807) is 27.9 Å². The van der Waals surface area contributed by atoms with Crippen molar-refractivity contribution in [2.24, 2.45) is 4.99 Å². The molecule has 7 nitrogen and oxygen atoms in total. The zero-order valence-corrected chi connectivity index (χ0v) is 19.8. The molecule has 0 saturated heterocycles. The number of para-hydroxylation sites is 1. The van der Waals surface area contributed by atoms with Crippen LogP contribution in [0.25, 0.3) is 0 Å². The molecule has 8 heteroatoms. The molecule has 0 amide bonds. The Labute approximate surface area is 181 Å². The van der Waals surface area contributed by atoms with Crippen molar-refractivity contribution in [2.45, 2.75) is 70.8 Å². The monoisotopic (exact) mass is 439 g/mol. The van der Waals surface area contributed by atoms with Gasteiger partial charge < -0.3 is 20.1 Å². The first-order chi connectivity index (χ1) is 14.2. The second kappa shape index (κ2) is 10.9. The molecule has 0 atom stereocenters. The number of ether oxygens (including phenoxy) is 2. The molecule has 0 spiro atoms. The summed E-state index contributed by atoms with van der Waals surface area (Å²) >= 11 is 0. The third-order valence-corrected chi connectivity index (χ3v) is 7.82. The van der Waals surface area contributed by atoms with Crippen molar-refractivity contribution in [1.29, 1.82) is 0 Å². The van der Waals surface area contributed by atoms with Gasteiger partial charge in [0.05, 0.1) is 30.3 Å². The van der Waals surface area contributed by atoms with Crippen LogP contribution in [0.1, 0.15) is 58.9 Å². The Morgan fingerprint density at radius 3 is 2.50 bits per heavy atom. The van der Waals surface area contributed by atoms with Crippen LogP contribution < -0.4 is 20.1 Å². The van der Waals surface area contributed by atoms with Crippen molar-refractivity contribution in [3.63, 3.8) is 0 Å². The van der Waals surface area contributed by atoms with Gasteiger partial charge in [-0.2, -0.15) is 0 Å². The molecule has 1 aliphatic rings. The molecular weight excluding hydrogens is 402 g/mol. The highest BCUT2D eigenvalue weighted by Crippen LogP contribution is 2.35. The van der Waals surface area contributed by atoms with Crippen LogP contribution in [-0.2, 0) is 16.4 Å². The van der Waals surface area contributed by atoms with E-state index in [1.165, 1.54) is 12.8 Å². The second-order valence-corrected chi connectivity index (χ2v) is 11.4. The van der Waals surface area contributed by atoms with E-state index in [9.17, 15) is 8.42 Å². The molecule has 0 aromatic heterocycles. The standard InChI is InChI=1S/C22H37N3O4S/c1-6-23-21(24-14-15-30(26,27)22(2,3)4)25-16-17-10-9-13-19(28-5)20(17)29-18-11-7-8-12-18/h9-10,13,18H,6-8,11-12,14-16H2,1-5H3,(H2,23,24,25). The van der Waals surface area contributed by atoms with Crippen LogP contribution in [0, 0.1) is 0 Å².